The van der Waals surface area contributed by atoms with Gasteiger partial charge in [0.1, 0.15) is 17.9 Å². The van der Waals surface area contributed by atoms with Crippen LogP contribution >= 0.6 is 0 Å². The Morgan fingerprint density at radius 1 is 1.17 bits per heavy atom. The smallest absolute Gasteiger partial charge is 0.295 e. The van der Waals surface area contributed by atoms with Crippen LogP contribution in [0.15, 0.2) is 54.2 Å². The SMILES string of the molecule is CC[C@@H]1CN(C2=NNNN2c2ccccc2)[C@@H](C)CN1C(=O)C(=O)c1c[nH]c2c(-n3cnc(C)n3)ncc(OC)c12.[HH]. The van der Waals surface area contributed by atoms with Crippen molar-refractivity contribution in [3.8, 4) is 11.6 Å². The van der Waals surface area contributed by atoms with Crippen molar-refractivity contribution in [3.63, 3.8) is 0 Å². The highest BCUT2D eigenvalue weighted by Gasteiger charge is 2.40. The molecular weight excluding hydrogens is 526 g/mol. The van der Waals surface area contributed by atoms with Crippen LogP contribution in [0, 0.1) is 6.92 Å². The Balaban J connectivity index is 0.00000353. The van der Waals surface area contributed by atoms with Crippen LogP contribution in [0.2, 0.25) is 0 Å². The predicted molar refractivity (Wildman–Crippen MR) is 153 cm³/mol. The van der Waals surface area contributed by atoms with E-state index in [9.17, 15) is 9.59 Å². The van der Waals surface area contributed by atoms with Crippen LogP contribution in [0.4, 0.5) is 5.69 Å². The third-order valence-corrected chi connectivity index (χ3v) is 7.50. The number of piperazine rings is 1. The number of para-hydroxylation sites is 1. The van der Waals surface area contributed by atoms with Crippen LogP contribution in [-0.4, -0.2) is 84.5 Å². The Bertz CT molecular complexity index is 1640. The van der Waals surface area contributed by atoms with Crippen molar-refractivity contribution in [2.75, 3.05) is 25.2 Å². The number of H-pyrrole nitrogens is 1. The maximum Gasteiger partial charge on any atom is 0.295 e. The summed E-state index contributed by atoms with van der Waals surface area (Å²) >= 11 is 0. The van der Waals surface area contributed by atoms with Crippen molar-refractivity contribution in [3.05, 3.63) is 60.4 Å². The Labute approximate surface area is 237 Å². The lowest BCUT2D eigenvalue weighted by Crippen LogP contribution is -2.63. The van der Waals surface area contributed by atoms with Crippen molar-refractivity contribution >= 4 is 34.2 Å². The number of pyridine rings is 1. The average Bonchev–Trinajstić information content (AvgIpc) is 3.76. The van der Waals surface area contributed by atoms with Gasteiger partial charge >= 0.3 is 0 Å². The highest BCUT2D eigenvalue weighted by molar-refractivity contribution is 6.45. The first-order chi connectivity index (χ1) is 19.9. The molecule has 1 saturated heterocycles. The van der Waals surface area contributed by atoms with Crippen LogP contribution < -0.4 is 20.8 Å². The van der Waals surface area contributed by atoms with E-state index in [1.54, 1.807) is 18.2 Å². The molecule has 1 fully saturated rings. The summed E-state index contributed by atoms with van der Waals surface area (Å²) in [7, 11) is 1.50. The van der Waals surface area contributed by atoms with Crippen LogP contribution in [-0.2, 0) is 4.79 Å². The number of hydrazine groups is 2. The van der Waals surface area contributed by atoms with E-state index >= 15 is 0 Å². The van der Waals surface area contributed by atoms with Gasteiger partial charge in [-0.15, -0.1) is 10.6 Å². The number of aryl methyl sites for hydroxylation is 1. The van der Waals surface area contributed by atoms with Gasteiger partial charge in [-0.1, -0.05) is 25.1 Å². The molecule has 0 spiro atoms. The van der Waals surface area contributed by atoms with E-state index in [4.69, 9.17) is 4.74 Å². The molecule has 2 atom stereocenters. The fourth-order valence-electron chi connectivity index (χ4n) is 5.40. The Morgan fingerprint density at radius 2 is 1.98 bits per heavy atom. The molecule has 5 heterocycles. The van der Waals surface area contributed by atoms with E-state index in [0.717, 1.165) is 5.69 Å². The molecule has 1 aromatic carbocycles. The molecule has 3 N–H and O–H groups in total. The molecule has 0 saturated carbocycles. The number of hydrogen-bond donors (Lipinski definition) is 3. The number of nitrogens with one attached hydrogen (secondary N) is 3. The number of aromatic amines is 1. The number of rotatable bonds is 6. The monoisotopic (exact) mass is 559 g/mol. The summed E-state index contributed by atoms with van der Waals surface area (Å²) in [6.07, 6.45) is 5.26. The van der Waals surface area contributed by atoms with Gasteiger partial charge in [0.05, 0.1) is 35.5 Å². The van der Waals surface area contributed by atoms with Crippen molar-refractivity contribution in [1.82, 2.24) is 45.6 Å². The van der Waals surface area contributed by atoms with E-state index in [1.165, 1.54) is 24.2 Å². The van der Waals surface area contributed by atoms with Gasteiger partial charge in [-0.3, -0.25) is 9.59 Å². The number of amides is 1. The lowest BCUT2D eigenvalue weighted by Gasteiger charge is -2.46. The number of carbonyl (C=O) groups is 2. The molecule has 6 rings (SSSR count). The quantitative estimate of drug-likeness (QED) is 0.237. The van der Waals surface area contributed by atoms with E-state index in [1.807, 2.05) is 49.2 Å². The number of ether oxygens (including phenoxy) is 1. The number of Topliss-reactive ketones (excluding diaryl/α,β-unsaturated/α-hetero) is 1. The minimum Gasteiger partial charge on any atom is -0.494 e. The summed E-state index contributed by atoms with van der Waals surface area (Å²) in [5.41, 5.74) is 7.57. The number of fused-ring (bicyclic) bond motifs is 1. The Morgan fingerprint density at radius 3 is 2.68 bits per heavy atom. The second-order valence-electron chi connectivity index (χ2n) is 10.00. The second-order valence-corrected chi connectivity index (χ2v) is 10.00. The van der Waals surface area contributed by atoms with Gasteiger partial charge in [-0.25, -0.2) is 25.2 Å². The van der Waals surface area contributed by atoms with Gasteiger partial charge in [0.2, 0.25) is 5.96 Å². The molecule has 3 aromatic heterocycles. The average molecular weight is 560 g/mol. The topological polar surface area (TPSA) is 149 Å². The number of hydrogen-bond acceptors (Lipinski definition) is 11. The summed E-state index contributed by atoms with van der Waals surface area (Å²) in [5.74, 6) is 0.923. The molecule has 41 heavy (non-hydrogen) atoms. The Hall–Kier alpha value is -4.98. The number of aromatic nitrogens is 5. The highest BCUT2D eigenvalue weighted by atomic mass is 16.5. The standard InChI is InChI=1S/C27H31N11O3.H2/c1-5-18-14-35(27-31-33-34-38(27)19-9-7-6-8-10-19)16(2)13-36(18)26(40)24(39)20-11-28-23-22(20)21(41-4)12-29-25(23)37-15-30-17(3)32-37;/h6-12,15-16,18,28,33-34H,5,13-14H2,1-4H3;1H/t16-,18+;/m0./s1. The molecule has 2 aliphatic rings. The van der Waals surface area contributed by atoms with E-state index in [-0.39, 0.29) is 19.1 Å². The number of guanidine groups is 1. The number of hydrazone groups is 1. The molecule has 0 bridgehead atoms. The van der Waals surface area contributed by atoms with Gasteiger partial charge in [-0.05, 0) is 32.4 Å². The lowest BCUT2D eigenvalue weighted by molar-refractivity contribution is -0.131. The molecule has 14 nitrogen and oxygen atoms in total. The van der Waals surface area contributed by atoms with Gasteiger partial charge in [-0.2, -0.15) is 5.10 Å². The first kappa shape index (κ1) is 26.3. The molecule has 14 heteroatoms. The number of methoxy groups -OCH3 is 1. The fraction of sp³-hybridized carbons (Fsp3) is 0.333. The predicted octanol–water partition coefficient (Wildman–Crippen LogP) is 2.00. The van der Waals surface area contributed by atoms with Crippen molar-refractivity contribution in [1.29, 1.82) is 0 Å². The van der Waals surface area contributed by atoms with Gasteiger partial charge in [0.15, 0.2) is 5.82 Å². The maximum absolute atomic E-state index is 13.8. The van der Waals surface area contributed by atoms with Crippen molar-refractivity contribution < 1.29 is 15.8 Å². The van der Waals surface area contributed by atoms with Crippen LogP contribution in [0.3, 0.4) is 0 Å². The zero-order valence-corrected chi connectivity index (χ0v) is 23.2. The lowest BCUT2D eigenvalue weighted by atomic mass is 10.0. The fourth-order valence-corrected chi connectivity index (χ4v) is 5.40. The molecule has 0 aliphatic carbocycles. The maximum atomic E-state index is 13.8. The number of benzene rings is 1. The molecule has 1 amide bonds. The van der Waals surface area contributed by atoms with Crippen LogP contribution in [0.1, 0.15) is 37.9 Å². The second kappa shape index (κ2) is 10.5. The van der Waals surface area contributed by atoms with Crippen molar-refractivity contribution in [2.24, 2.45) is 5.10 Å². The Kier molecular flexibility index (Phi) is 6.75. The summed E-state index contributed by atoms with van der Waals surface area (Å²) < 4.78 is 7.05. The molecule has 4 aromatic rings. The van der Waals surface area contributed by atoms with E-state index in [0.29, 0.717) is 53.8 Å². The number of nitrogens with zero attached hydrogens (tertiary/aromatic N) is 8. The minimum atomic E-state index is -0.618. The summed E-state index contributed by atoms with van der Waals surface area (Å²) in [6, 6.07) is 9.53. The molecule has 214 valence electrons. The molecular formula is C27H33N11O3. The van der Waals surface area contributed by atoms with Crippen LogP contribution in [0.25, 0.3) is 16.7 Å². The first-order valence-electron chi connectivity index (χ1n) is 13.4. The third kappa shape index (κ3) is 4.51. The normalized spacial score (nSPS) is 18.9. The summed E-state index contributed by atoms with van der Waals surface area (Å²) in [4.78, 5) is 43.2. The zero-order chi connectivity index (χ0) is 28.7. The molecule has 0 radical (unpaired) electrons. The first-order valence-corrected chi connectivity index (χ1v) is 13.4. The minimum absolute atomic E-state index is 0. The largest absolute Gasteiger partial charge is 0.494 e. The van der Waals surface area contributed by atoms with Gasteiger partial charge in [0, 0.05) is 32.8 Å². The summed E-state index contributed by atoms with van der Waals surface area (Å²) in [6.45, 7) is 6.68. The van der Waals surface area contributed by atoms with Crippen molar-refractivity contribution in [2.45, 2.75) is 39.3 Å². The van der Waals surface area contributed by atoms with E-state index < -0.39 is 11.7 Å². The van der Waals surface area contributed by atoms with Crippen LogP contribution in [0.5, 0.6) is 5.75 Å². The van der Waals surface area contributed by atoms with E-state index in [2.05, 4.69) is 41.1 Å². The number of anilines is 1. The summed E-state index contributed by atoms with van der Waals surface area (Å²) in [5, 5.41) is 11.1. The molecule has 2 aliphatic heterocycles. The third-order valence-electron chi connectivity index (χ3n) is 7.50. The highest BCUT2D eigenvalue weighted by Crippen LogP contribution is 2.32. The number of carbonyl (C=O) groups excluding carboxylic acids is 2. The number of ketones is 1. The molecule has 0 unspecified atom stereocenters. The van der Waals surface area contributed by atoms with Gasteiger partial charge < -0.3 is 19.5 Å². The van der Waals surface area contributed by atoms with Gasteiger partial charge in [0.25, 0.3) is 11.7 Å². The zero-order valence-electron chi connectivity index (χ0n) is 23.2.